The Kier molecular flexibility index (Phi) is 14.2. The zero-order valence-electron chi connectivity index (χ0n) is 22.5. The molecular weight excluding hydrogens is 460 g/mol. The van der Waals surface area contributed by atoms with E-state index < -0.39 is 12.1 Å². The summed E-state index contributed by atoms with van der Waals surface area (Å²) < 4.78 is 28.1. The smallest absolute Gasteiger partial charge is 0.342 e. The minimum atomic E-state index is -0.486. The Hall–Kier alpha value is -2.38. The number of esters is 2. The number of benzene rings is 1. The first kappa shape index (κ1) is 29.8. The standard InChI is InChI=1S/C29H44O7/c1-5-6-7-8-9-17-27(30)34-19-18-24-20-26(35-21-32-3)22(2)13-10-11-14-23-15-12-16-25(33-4)28(23)29(31)36-24/h10-12,15-16,22,24,26H,5-9,13-14,17-21H2,1-4H3/b11-10+/t22-,24?,26+/m0/s1. The van der Waals surface area contributed by atoms with Crippen LogP contribution in [0.4, 0.5) is 0 Å². The van der Waals surface area contributed by atoms with Crippen molar-refractivity contribution in [2.75, 3.05) is 27.6 Å². The fourth-order valence-corrected chi connectivity index (χ4v) is 4.39. The lowest BCUT2D eigenvalue weighted by molar-refractivity contribution is -0.144. The van der Waals surface area contributed by atoms with Gasteiger partial charge in [-0.2, -0.15) is 0 Å². The van der Waals surface area contributed by atoms with Gasteiger partial charge >= 0.3 is 11.9 Å². The van der Waals surface area contributed by atoms with Gasteiger partial charge in [-0.05, 0) is 36.8 Å². The summed E-state index contributed by atoms with van der Waals surface area (Å²) in [6, 6.07) is 5.56. The van der Waals surface area contributed by atoms with Gasteiger partial charge in [0.05, 0.1) is 19.8 Å². The summed E-state index contributed by atoms with van der Waals surface area (Å²) in [5.74, 6) is 0.0229. The van der Waals surface area contributed by atoms with E-state index in [2.05, 4.69) is 26.0 Å². The number of carbonyl (C=O) groups is 2. The Morgan fingerprint density at radius 3 is 2.67 bits per heavy atom. The van der Waals surface area contributed by atoms with Crippen LogP contribution >= 0.6 is 0 Å². The summed E-state index contributed by atoms with van der Waals surface area (Å²) in [6.45, 7) is 4.63. The van der Waals surface area contributed by atoms with E-state index in [-0.39, 0.29) is 31.4 Å². The molecule has 0 spiro atoms. The topological polar surface area (TPSA) is 80.3 Å². The van der Waals surface area contributed by atoms with E-state index in [0.717, 1.165) is 31.2 Å². The lowest BCUT2D eigenvalue weighted by Gasteiger charge is -2.28. The molecule has 2 rings (SSSR count). The predicted octanol–water partition coefficient (Wildman–Crippen LogP) is 6.03. The Balaban J connectivity index is 2.12. The second-order valence-electron chi connectivity index (χ2n) is 9.43. The predicted molar refractivity (Wildman–Crippen MR) is 139 cm³/mol. The van der Waals surface area contributed by atoms with Crippen LogP contribution in [0.5, 0.6) is 5.75 Å². The van der Waals surface area contributed by atoms with E-state index in [9.17, 15) is 9.59 Å². The van der Waals surface area contributed by atoms with Gasteiger partial charge in [-0.25, -0.2) is 4.79 Å². The van der Waals surface area contributed by atoms with Crippen LogP contribution in [-0.4, -0.2) is 51.8 Å². The quantitative estimate of drug-likeness (QED) is 0.140. The number of cyclic esters (lactones) is 1. The number of hydrogen-bond donors (Lipinski definition) is 0. The molecule has 0 amide bonds. The van der Waals surface area contributed by atoms with Crippen LogP contribution in [0.1, 0.15) is 87.6 Å². The summed E-state index contributed by atoms with van der Waals surface area (Å²) in [5.41, 5.74) is 1.28. The number of ether oxygens (including phenoxy) is 5. The van der Waals surface area contributed by atoms with Crippen LogP contribution < -0.4 is 4.74 Å². The Bertz CT molecular complexity index is 820. The van der Waals surface area contributed by atoms with Gasteiger partial charge in [-0.1, -0.05) is 63.8 Å². The molecule has 1 aromatic carbocycles. The van der Waals surface area contributed by atoms with Crippen molar-refractivity contribution in [3.63, 3.8) is 0 Å². The van der Waals surface area contributed by atoms with E-state index in [1.54, 1.807) is 20.3 Å². The number of carbonyl (C=O) groups excluding carboxylic acids is 2. The van der Waals surface area contributed by atoms with Crippen LogP contribution in [-0.2, 0) is 30.2 Å². The third kappa shape index (κ3) is 10.3. The summed E-state index contributed by atoms with van der Waals surface area (Å²) in [6.07, 6.45) is 11.6. The molecule has 1 heterocycles. The van der Waals surface area contributed by atoms with Gasteiger partial charge in [0.1, 0.15) is 24.2 Å². The molecule has 0 saturated carbocycles. The number of allylic oxidation sites excluding steroid dienone is 2. The molecule has 1 aliphatic heterocycles. The van der Waals surface area contributed by atoms with Crippen LogP contribution in [0, 0.1) is 5.92 Å². The third-order valence-corrected chi connectivity index (χ3v) is 6.54. The molecule has 36 heavy (non-hydrogen) atoms. The van der Waals surface area contributed by atoms with Crippen molar-refractivity contribution < 1.29 is 33.3 Å². The first-order valence-corrected chi connectivity index (χ1v) is 13.3. The minimum absolute atomic E-state index is 0.156. The number of hydrogen-bond acceptors (Lipinski definition) is 7. The van der Waals surface area contributed by atoms with Crippen molar-refractivity contribution in [1.82, 2.24) is 0 Å². The molecule has 7 heteroatoms. The third-order valence-electron chi connectivity index (χ3n) is 6.54. The Morgan fingerprint density at radius 2 is 1.92 bits per heavy atom. The number of methoxy groups -OCH3 is 2. The molecule has 202 valence electrons. The summed E-state index contributed by atoms with van der Waals surface area (Å²) >= 11 is 0. The highest BCUT2D eigenvalue weighted by molar-refractivity contribution is 5.94. The molecule has 7 nitrogen and oxygen atoms in total. The molecule has 0 radical (unpaired) electrons. The van der Waals surface area contributed by atoms with Gasteiger partial charge in [-0.15, -0.1) is 0 Å². The molecule has 0 N–H and O–H groups in total. The van der Waals surface area contributed by atoms with Crippen LogP contribution in [0.2, 0.25) is 0 Å². The van der Waals surface area contributed by atoms with Gasteiger partial charge in [0, 0.05) is 26.4 Å². The maximum Gasteiger partial charge on any atom is 0.342 e. The van der Waals surface area contributed by atoms with Crippen LogP contribution in [0.15, 0.2) is 30.4 Å². The van der Waals surface area contributed by atoms with Crippen LogP contribution in [0.25, 0.3) is 0 Å². The van der Waals surface area contributed by atoms with Gasteiger partial charge in [-0.3, -0.25) is 4.79 Å². The molecule has 1 unspecified atom stereocenters. The fraction of sp³-hybridized carbons (Fsp3) is 0.655. The molecule has 0 aromatic heterocycles. The van der Waals surface area contributed by atoms with Crippen molar-refractivity contribution >= 4 is 11.9 Å². The fourth-order valence-electron chi connectivity index (χ4n) is 4.39. The Morgan fingerprint density at radius 1 is 1.11 bits per heavy atom. The van der Waals surface area contributed by atoms with Crippen molar-refractivity contribution in [3.05, 3.63) is 41.5 Å². The zero-order valence-corrected chi connectivity index (χ0v) is 22.5. The normalized spacial score (nSPS) is 21.4. The van der Waals surface area contributed by atoms with Crippen molar-refractivity contribution in [2.45, 2.75) is 90.3 Å². The lowest BCUT2D eigenvalue weighted by atomic mass is 9.93. The molecular formula is C29H44O7. The minimum Gasteiger partial charge on any atom is -0.496 e. The van der Waals surface area contributed by atoms with Crippen molar-refractivity contribution in [3.8, 4) is 5.75 Å². The maximum absolute atomic E-state index is 13.3. The van der Waals surface area contributed by atoms with Gasteiger partial charge in [0.25, 0.3) is 0 Å². The van der Waals surface area contributed by atoms with Crippen molar-refractivity contribution in [2.24, 2.45) is 5.92 Å². The highest BCUT2D eigenvalue weighted by atomic mass is 16.7. The number of fused-ring (bicyclic) bond motifs is 1. The van der Waals surface area contributed by atoms with E-state index in [0.29, 0.717) is 37.0 Å². The van der Waals surface area contributed by atoms with E-state index in [4.69, 9.17) is 23.7 Å². The summed E-state index contributed by atoms with van der Waals surface area (Å²) in [7, 11) is 3.13. The zero-order chi connectivity index (χ0) is 26.2. The molecule has 0 saturated heterocycles. The Labute approximate surface area is 216 Å². The van der Waals surface area contributed by atoms with E-state index in [1.165, 1.54) is 12.8 Å². The summed E-state index contributed by atoms with van der Waals surface area (Å²) in [4.78, 5) is 25.5. The highest BCUT2D eigenvalue weighted by Crippen LogP contribution is 2.28. The van der Waals surface area contributed by atoms with Gasteiger partial charge in [0.15, 0.2) is 0 Å². The highest BCUT2D eigenvalue weighted by Gasteiger charge is 2.28. The molecule has 3 atom stereocenters. The average Bonchev–Trinajstić information content (AvgIpc) is 2.87. The first-order chi connectivity index (χ1) is 17.5. The average molecular weight is 505 g/mol. The first-order valence-electron chi connectivity index (χ1n) is 13.3. The lowest BCUT2D eigenvalue weighted by Crippen LogP contribution is -2.32. The summed E-state index contributed by atoms with van der Waals surface area (Å²) in [5, 5.41) is 0. The van der Waals surface area contributed by atoms with E-state index >= 15 is 0 Å². The molecule has 0 aliphatic carbocycles. The number of unbranched alkanes of at least 4 members (excludes halogenated alkanes) is 4. The van der Waals surface area contributed by atoms with Crippen LogP contribution in [0.3, 0.4) is 0 Å². The van der Waals surface area contributed by atoms with E-state index in [1.807, 2.05) is 12.1 Å². The monoisotopic (exact) mass is 504 g/mol. The molecule has 1 aliphatic rings. The maximum atomic E-state index is 13.3. The van der Waals surface area contributed by atoms with Crippen molar-refractivity contribution in [1.29, 1.82) is 0 Å². The molecule has 1 aromatic rings. The molecule has 0 fully saturated rings. The van der Waals surface area contributed by atoms with Gasteiger partial charge < -0.3 is 23.7 Å². The SMILES string of the molecule is CCCCCCCC(=O)OCCC1C[C@@H](OCOC)[C@@H](C)C/C=C/Cc2cccc(OC)c2C(=O)O1. The second-order valence-corrected chi connectivity index (χ2v) is 9.43. The molecule has 0 bridgehead atoms. The second kappa shape index (κ2) is 17.1. The van der Waals surface area contributed by atoms with Gasteiger partial charge in [0.2, 0.25) is 0 Å². The number of rotatable bonds is 13. The largest absolute Gasteiger partial charge is 0.496 e.